The molecule has 2 aliphatic heterocycles. The van der Waals surface area contributed by atoms with E-state index in [0.717, 1.165) is 0 Å². The molecular formula is C18H19N3O6S. The third-order valence-electron chi connectivity index (χ3n) is 4.38. The third kappa shape index (κ3) is 3.78. The molecule has 1 aromatic rings. The minimum absolute atomic E-state index is 0.0228. The zero-order valence-electron chi connectivity index (χ0n) is 15.4. The number of aliphatic imine (C=N–C) groups is 1. The van der Waals surface area contributed by atoms with Gasteiger partial charge >= 0.3 is 5.97 Å². The van der Waals surface area contributed by atoms with Crippen LogP contribution in [0.3, 0.4) is 0 Å². The van der Waals surface area contributed by atoms with Gasteiger partial charge in [0.1, 0.15) is 12.6 Å². The highest BCUT2D eigenvalue weighted by atomic mass is 32.2. The fourth-order valence-electron chi connectivity index (χ4n) is 3.13. The topological polar surface area (TPSA) is 111 Å². The van der Waals surface area contributed by atoms with Crippen LogP contribution < -0.4 is 0 Å². The van der Waals surface area contributed by atoms with Crippen molar-refractivity contribution in [3.63, 3.8) is 0 Å². The number of nitrogens with zero attached hydrogens (tertiary/aromatic N) is 3. The first-order chi connectivity index (χ1) is 13.5. The van der Waals surface area contributed by atoms with E-state index in [-0.39, 0.29) is 42.4 Å². The minimum Gasteiger partial charge on any atom is -0.460 e. The maximum absolute atomic E-state index is 12.8. The Bertz CT molecular complexity index is 882. The van der Waals surface area contributed by atoms with Gasteiger partial charge in [0, 0.05) is 25.3 Å². The Morgan fingerprint density at radius 3 is 2.86 bits per heavy atom. The van der Waals surface area contributed by atoms with Gasteiger partial charge in [-0.25, -0.2) is 9.79 Å². The Kier molecular flexibility index (Phi) is 6.10. The normalized spacial score (nSPS) is 19.2. The summed E-state index contributed by atoms with van der Waals surface area (Å²) in [7, 11) is 1.48. The number of hydrogen-bond acceptors (Lipinski definition) is 8. The van der Waals surface area contributed by atoms with Crippen molar-refractivity contribution in [2.24, 2.45) is 4.99 Å². The lowest BCUT2D eigenvalue weighted by atomic mass is 9.93. The summed E-state index contributed by atoms with van der Waals surface area (Å²) in [6.45, 7) is 1.87. The molecule has 148 valence electrons. The number of carbonyl (C=O) groups excluding carboxylic acids is 2. The van der Waals surface area contributed by atoms with Gasteiger partial charge in [-0.2, -0.15) is 0 Å². The molecule has 3 rings (SSSR count). The number of methoxy groups -OCH3 is 1. The predicted octanol–water partition coefficient (Wildman–Crippen LogP) is 2.43. The van der Waals surface area contributed by atoms with E-state index < -0.39 is 16.9 Å². The van der Waals surface area contributed by atoms with Gasteiger partial charge in [0.15, 0.2) is 5.17 Å². The number of hydrogen-bond donors (Lipinski definition) is 0. The average Bonchev–Trinajstić information content (AvgIpc) is 2.67. The summed E-state index contributed by atoms with van der Waals surface area (Å²) in [6, 6.07) is 5.11. The average molecular weight is 405 g/mol. The van der Waals surface area contributed by atoms with Crippen molar-refractivity contribution < 1.29 is 24.0 Å². The molecule has 1 saturated heterocycles. The van der Waals surface area contributed by atoms with Crippen molar-refractivity contribution in [2.75, 3.05) is 26.1 Å². The van der Waals surface area contributed by atoms with Crippen molar-refractivity contribution in [2.45, 2.75) is 19.4 Å². The summed E-state index contributed by atoms with van der Waals surface area (Å²) < 4.78 is 10.1. The largest absolute Gasteiger partial charge is 0.460 e. The lowest BCUT2D eigenvalue weighted by Crippen LogP contribution is -2.46. The first kappa shape index (κ1) is 20.0. The fourth-order valence-corrected chi connectivity index (χ4v) is 4.14. The SMILES string of the molecule is COCCOC(=O)C1=C(C)N=C2SCCC(=O)N2C1c1ccccc1[N+](=O)[O-]. The van der Waals surface area contributed by atoms with Gasteiger partial charge in [0.05, 0.1) is 28.4 Å². The van der Waals surface area contributed by atoms with Crippen molar-refractivity contribution in [3.05, 3.63) is 51.2 Å². The van der Waals surface area contributed by atoms with Gasteiger partial charge in [-0.05, 0) is 13.0 Å². The number of esters is 1. The highest BCUT2D eigenvalue weighted by Gasteiger charge is 2.43. The van der Waals surface area contributed by atoms with Crippen LogP contribution in [0.25, 0.3) is 0 Å². The first-order valence-corrected chi connectivity index (χ1v) is 9.58. The van der Waals surface area contributed by atoms with E-state index in [4.69, 9.17) is 9.47 Å². The molecule has 1 aromatic carbocycles. The van der Waals surface area contributed by atoms with Crippen LogP contribution in [-0.2, 0) is 19.1 Å². The Morgan fingerprint density at radius 2 is 2.14 bits per heavy atom. The number of fused-ring (bicyclic) bond motifs is 1. The Hall–Kier alpha value is -2.72. The summed E-state index contributed by atoms with van der Waals surface area (Å²) in [4.78, 5) is 42.3. The van der Waals surface area contributed by atoms with E-state index in [0.29, 0.717) is 16.6 Å². The number of allylic oxidation sites excluding steroid dienone is 1. The van der Waals surface area contributed by atoms with Crippen LogP contribution in [0.5, 0.6) is 0 Å². The van der Waals surface area contributed by atoms with Gasteiger partial charge in [0.2, 0.25) is 5.91 Å². The van der Waals surface area contributed by atoms with Crippen molar-refractivity contribution in [1.29, 1.82) is 0 Å². The quantitative estimate of drug-likeness (QED) is 0.309. The monoisotopic (exact) mass is 405 g/mol. The van der Waals surface area contributed by atoms with Gasteiger partial charge in [-0.1, -0.05) is 23.9 Å². The fraction of sp³-hybridized carbons (Fsp3) is 0.389. The Labute approximate surface area is 165 Å². The first-order valence-electron chi connectivity index (χ1n) is 8.59. The van der Waals surface area contributed by atoms with Crippen LogP contribution in [0.2, 0.25) is 0 Å². The molecule has 1 unspecified atom stereocenters. The molecule has 10 heteroatoms. The van der Waals surface area contributed by atoms with E-state index in [1.54, 1.807) is 25.1 Å². The number of rotatable bonds is 6. The molecule has 1 atom stereocenters. The second-order valence-electron chi connectivity index (χ2n) is 6.10. The smallest absolute Gasteiger partial charge is 0.338 e. The van der Waals surface area contributed by atoms with Gasteiger partial charge in [-0.3, -0.25) is 19.8 Å². The molecule has 1 fully saturated rings. The number of nitro benzene ring substituents is 1. The molecule has 0 spiro atoms. The van der Waals surface area contributed by atoms with Crippen molar-refractivity contribution >= 4 is 34.5 Å². The molecule has 0 saturated carbocycles. The zero-order chi connectivity index (χ0) is 20.3. The number of benzene rings is 1. The molecule has 0 bridgehead atoms. The van der Waals surface area contributed by atoms with Crippen LogP contribution in [0.4, 0.5) is 5.69 Å². The summed E-state index contributed by atoms with van der Waals surface area (Å²) in [5, 5.41) is 12.0. The van der Waals surface area contributed by atoms with Crippen LogP contribution >= 0.6 is 11.8 Å². The standard InChI is InChI=1S/C18H19N3O6S/c1-11-15(17(23)27-9-8-26-2)16(12-5-3-4-6-13(12)21(24)25)20-14(22)7-10-28-18(20)19-11/h3-6,16H,7-10H2,1-2H3. The maximum Gasteiger partial charge on any atom is 0.338 e. The van der Waals surface area contributed by atoms with E-state index >= 15 is 0 Å². The molecule has 2 aliphatic rings. The third-order valence-corrected chi connectivity index (χ3v) is 5.33. The van der Waals surface area contributed by atoms with Gasteiger partial charge in [-0.15, -0.1) is 0 Å². The summed E-state index contributed by atoms with van der Waals surface area (Å²) in [5.41, 5.74) is 0.560. The molecule has 1 amide bonds. The summed E-state index contributed by atoms with van der Waals surface area (Å²) in [6.07, 6.45) is 0.256. The number of thioether (sulfide) groups is 1. The predicted molar refractivity (Wildman–Crippen MR) is 103 cm³/mol. The summed E-state index contributed by atoms with van der Waals surface area (Å²) in [5.74, 6) is -0.349. The maximum atomic E-state index is 12.8. The number of amidine groups is 1. The number of ether oxygens (including phenoxy) is 2. The van der Waals surface area contributed by atoms with Crippen LogP contribution in [0.1, 0.15) is 24.9 Å². The second kappa shape index (κ2) is 8.53. The highest BCUT2D eigenvalue weighted by molar-refractivity contribution is 8.14. The number of nitro groups is 1. The van der Waals surface area contributed by atoms with Crippen molar-refractivity contribution in [1.82, 2.24) is 4.90 Å². The van der Waals surface area contributed by atoms with E-state index in [2.05, 4.69) is 4.99 Å². The van der Waals surface area contributed by atoms with Crippen molar-refractivity contribution in [3.8, 4) is 0 Å². The zero-order valence-corrected chi connectivity index (χ0v) is 16.2. The van der Waals surface area contributed by atoms with Crippen LogP contribution in [-0.4, -0.2) is 52.9 Å². The van der Waals surface area contributed by atoms with Crippen LogP contribution in [0.15, 0.2) is 40.5 Å². The van der Waals surface area contributed by atoms with Crippen LogP contribution in [0, 0.1) is 10.1 Å². The molecule has 0 aliphatic carbocycles. The van der Waals surface area contributed by atoms with Gasteiger partial charge < -0.3 is 9.47 Å². The Morgan fingerprint density at radius 1 is 1.39 bits per heavy atom. The van der Waals surface area contributed by atoms with Gasteiger partial charge in [0.25, 0.3) is 5.69 Å². The number of para-hydroxylation sites is 1. The molecule has 9 nitrogen and oxygen atoms in total. The molecule has 0 N–H and O–H groups in total. The molecule has 0 aromatic heterocycles. The molecule has 2 heterocycles. The number of amides is 1. The minimum atomic E-state index is -0.968. The van der Waals surface area contributed by atoms with E-state index in [9.17, 15) is 19.7 Å². The lowest BCUT2D eigenvalue weighted by molar-refractivity contribution is -0.385. The second-order valence-corrected chi connectivity index (χ2v) is 7.16. The van der Waals surface area contributed by atoms with E-state index in [1.165, 1.54) is 29.8 Å². The Balaban J connectivity index is 2.13. The van der Waals surface area contributed by atoms with E-state index in [1.807, 2.05) is 0 Å². The lowest BCUT2D eigenvalue weighted by Gasteiger charge is -2.38. The molecule has 0 radical (unpaired) electrons. The molecular weight excluding hydrogens is 386 g/mol. The summed E-state index contributed by atoms with van der Waals surface area (Å²) >= 11 is 1.38. The highest BCUT2D eigenvalue weighted by Crippen LogP contribution is 2.42. The number of carbonyl (C=O) groups is 2. The molecule has 28 heavy (non-hydrogen) atoms.